The van der Waals surface area contributed by atoms with Gasteiger partial charge in [-0.3, -0.25) is 0 Å². The van der Waals surface area contributed by atoms with Gasteiger partial charge >= 0.3 is 0 Å². The number of rotatable bonds is 4. The number of hydrogen-bond donors (Lipinski definition) is 1. The summed E-state index contributed by atoms with van der Waals surface area (Å²) < 4.78 is 11.7. The molecule has 0 unspecified atom stereocenters. The quantitative estimate of drug-likeness (QED) is 0.925. The van der Waals surface area contributed by atoms with Gasteiger partial charge in [0.2, 0.25) is 0 Å². The Hall–Kier alpha value is -1.71. The molecule has 0 aromatic heterocycles. The van der Waals surface area contributed by atoms with Crippen molar-refractivity contribution in [2.24, 2.45) is 0 Å². The van der Waals surface area contributed by atoms with Gasteiger partial charge in [0.1, 0.15) is 23.4 Å². The second-order valence-electron chi connectivity index (χ2n) is 4.95. The number of piperidine rings is 1. The Kier molecular flexibility index (Phi) is 5.90. The number of hydrogen-bond acceptors (Lipinski definition) is 3. The third-order valence-corrected chi connectivity index (χ3v) is 3.39. The molecule has 1 fully saturated rings. The monoisotopic (exact) mass is 305 g/mol. The summed E-state index contributed by atoms with van der Waals surface area (Å²) in [7, 11) is 0. The Morgan fingerprint density at radius 2 is 1.33 bits per heavy atom. The van der Waals surface area contributed by atoms with Crippen molar-refractivity contribution < 1.29 is 9.47 Å². The summed E-state index contributed by atoms with van der Waals surface area (Å²) in [5.41, 5.74) is 0. The van der Waals surface area contributed by atoms with Gasteiger partial charge in [0.05, 0.1) is 0 Å². The van der Waals surface area contributed by atoms with E-state index in [1.54, 1.807) is 0 Å². The molecule has 1 N–H and O–H groups in total. The van der Waals surface area contributed by atoms with Gasteiger partial charge in [-0.15, -0.1) is 12.4 Å². The maximum Gasteiger partial charge on any atom is 0.127 e. The minimum absolute atomic E-state index is 0. The maximum absolute atomic E-state index is 5.96. The van der Waals surface area contributed by atoms with E-state index in [0.717, 1.165) is 43.2 Å². The molecule has 0 amide bonds. The highest BCUT2D eigenvalue weighted by Crippen LogP contribution is 2.24. The maximum atomic E-state index is 5.96. The lowest BCUT2D eigenvalue weighted by molar-refractivity contribution is 0.162. The molecule has 1 aliphatic heterocycles. The van der Waals surface area contributed by atoms with Crippen LogP contribution in [-0.2, 0) is 0 Å². The Balaban J connectivity index is 0.00000161. The SMILES string of the molecule is Cl.c1ccc(Oc2ccc(OC3CCNCC3)cc2)cc1. The summed E-state index contributed by atoms with van der Waals surface area (Å²) >= 11 is 0. The van der Waals surface area contributed by atoms with E-state index in [4.69, 9.17) is 9.47 Å². The number of benzene rings is 2. The van der Waals surface area contributed by atoms with Gasteiger partial charge in [-0.25, -0.2) is 0 Å². The van der Waals surface area contributed by atoms with E-state index >= 15 is 0 Å². The van der Waals surface area contributed by atoms with E-state index in [9.17, 15) is 0 Å². The van der Waals surface area contributed by atoms with Crippen molar-refractivity contribution in [3.63, 3.8) is 0 Å². The molecule has 0 spiro atoms. The summed E-state index contributed by atoms with van der Waals surface area (Å²) in [4.78, 5) is 0. The van der Waals surface area contributed by atoms with Gasteiger partial charge in [0.15, 0.2) is 0 Å². The molecular formula is C17H20ClNO2. The first-order valence-electron chi connectivity index (χ1n) is 7.10. The lowest BCUT2D eigenvalue weighted by Gasteiger charge is -2.23. The molecule has 2 aromatic rings. The second kappa shape index (κ2) is 7.91. The van der Waals surface area contributed by atoms with Crippen LogP contribution in [0, 0.1) is 0 Å². The summed E-state index contributed by atoms with van der Waals surface area (Å²) in [6.45, 7) is 2.08. The van der Waals surface area contributed by atoms with Crippen LogP contribution in [-0.4, -0.2) is 19.2 Å². The minimum Gasteiger partial charge on any atom is -0.490 e. The lowest BCUT2D eigenvalue weighted by Crippen LogP contribution is -2.34. The average Bonchev–Trinajstić information content (AvgIpc) is 2.51. The Morgan fingerprint density at radius 3 is 2.00 bits per heavy atom. The lowest BCUT2D eigenvalue weighted by atomic mass is 10.1. The summed E-state index contributed by atoms with van der Waals surface area (Å²) in [5.74, 6) is 2.59. The van der Waals surface area contributed by atoms with Gasteiger partial charge in [-0.05, 0) is 62.3 Å². The number of halogens is 1. The third kappa shape index (κ3) is 4.66. The molecule has 1 heterocycles. The first-order chi connectivity index (χ1) is 9.90. The standard InChI is InChI=1S/C17H19NO2.ClH/c1-2-4-14(5-3-1)19-15-6-8-16(9-7-15)20-17-10-12-18-13-11-17;/h1-9,17-18H,10-13H2;1H. The van der Waals surface area contributed by atoms with Gasteiger partial charge in [-0.2, -0.15) is 0 Å². The van der Waals surface area contributed by atoms with Crippen molar-refractivity contribution >= 4 is 12.4 Å². The largest absolute Gasteiger partial charge is 0.490 e. The van der Waals surface area contributed by atoms with Crippen LogP contribution in [0.2, 0.25) is 0 Å². The fraction of sp³-hybridized carbons (Fsp3) is 0.294. The van der Waals surface area contributed by atoms with Crippen LogP contribution >= 0.6 is 12.4 Å². The molecule has 1 aliphatic rings. The fourth-order valence-corrected chi connectivity index (χ4v) is 2.32. The van der Waals surface area contributed by atoms with Crippen LogP contribution in [0.4, 0.5) is 0 Å². The van der Waals surface area contributed by atoms with Crippen LogP contribution in [0.15, 0.2) is 54.6 Å². The topological polar surface area (TPSA) is 30.5 Å². The number of para-hydroxylation sites is 1. The minimum atomic E-state index is 0. The Bertz CT molecular complexity index is 524. The molecule has 21 heavy (non-hydrogen) atoms. The molecule has 0 bridgehead atoms. The highest BCUT2D eigenvalue weighted by molar-refractivity contribution is 5.85. The predicted octanol–water partition coefficient (Wildman–Crippen LogP) is 4.03. The molecule has 1 saturated heterocycles. The van der Waals surface area contributed by atoms with Gasteiger partial charge in [0.25, 0.3) is 0 Å². The van der Waals surface area contributed by atoms with Gasteiger partial charge in [0, 0.05) is 0 Å². The first kappa shape index (κ1) is 15.7. The van der Waals surface area contributed by atoms with Crippen molar-refractivity contribution in [2.45, 2.75) is 18.9 Å². The van der Waals surface area contributed by atoms with Crippen molar-refractivity contribution in [3.8, 4) is 17.2 Å². The van der Waals surface area contributed by atoms with Crippen LogP contribution in [0.5, 0.6) is 17.2 Å². The molecule has 2 aromatic carbocycles. The predicted molar refractivity (Wildman–Crippen MR) is 86.7 cm³/mol. The Morgan fingerprint density at radius 1 is 0.762 bits per heavy atom. The highest BCUT2D eigenvalue weighted by atomic mass is 35.5. The second-order valence-corrected chi connectivity index (χ2v) is 4.95. The molecule has 0 aliphatic carbocycles. The zero-order valence-electron chi connectivity index (χ0n) is 11.8. The molecule has 0 atom stereocenters. The van der Waals surface area contributed by atoms with Crippen LogP contribution in [0.25, 0.3) is 0 Å². The van der Waals surface area contributed by atoms with Crippen LogP contribution in [0.1, 0.15) is 12.8 Å². The fourth-order valence-electron chi connectivity index (χ4n) is 2.32. The normalized spacial score (nSPS) is 15.0. The third-order valence-electron chi connectivity index (χ3n) is 3.39. The molecule has 4 heteroatoms. The zero-order valence-corrected chi connectivity index (χ0v) is 12.6. The van der Waals surface area contributed by atoms with Crippen molar-refractivity contribution in [3.05, 3.63) is 54.6 Å². The molecule has 0 saturated carbocycles. The molecule has 0 radical (unpaired) electrons. The zero-order chi connectivity index (χ0) is 13.6. The summed E-state index contributed by atoms with van der Waals surface area (Å²) in [6.07, 6.45) is 2.47. The number of nitrogens with one attached hydrogen (secondary N) is 1. The van der Waals surface area contributed by atoms with E-state index < -0.39 is 0 Å². The average molecular weight is 306 g/mol. The van der Waals surface area contributed by atoms with Crippen molar-refractivity contribution in [1.29, 1.82) is 0 Å². The Labute approximate surface area is 131 Å². The highest BCUT2D eigenvalue weighted by Gasteiger charge is 2.14. The smallest absolute Gasteiger partial charge is 0.127 e. The van der Waals surface area contributed by atoms with Gasteiger partial charge < -0.3 is 14.8 Å². The van der Waals surface area contributed by atoms with E-state index in [1.165, 1.54) is 0 Å². The van der Waals surface area contributed by atoms with Crippen LogP contribution in [0.3, 0.4) is 0 Å². The first-order valence-corrected chi connectivity index (χ1v) is 7.10. The molecular weight excluding hydrogens is 286 g/mol. The van der Waals surface area contributed by atoms with E-state index in [2.05, 4.69) is 5.32 Å². The van der Waals surface area contributed by atoms with E-state index in [0.29, 0.717) is 6.10 Å². The molecule has 3 nitrogen and oxygen atoms in total. The number of ether oxygens (including phenoxy) is 2. The summed E-state index contributed by atoms with van der Waals surface area (Å²) in [5, 5.41) is 3.34. The van der Waals surface area contributed by atoms with Crippen molar-refractivity contribution in [1.82, 2.24) is 5.32 Å². The molecule has 3 rings (SSSR count). The van der Waals surface area contributed by atoms with E-state index in [-0.39, 0.29) is 12.4 Å². The summed E-state index contributed by atoms with van der Waals surface area (Å²) in [6, 6.07) is 17.6. The molecule has 112 valence electrons. The van der Waals surface area contributed by atoms with E-state index in [1.807, 2.05) is 54.6 Å². The van der Waals surface area contributed by atoms with Gasteiger partial charge in [-0.1, -0.05) is 18.2 Å². The van der Waals surface area contributed by atoms with Crippen LogP contribution < -0.4 is 14.8 Å². The van der Waals surface area contributed by atoms with Crippen molar-refractivity contribution in [2.75, 3.05) is 13.1 Å².